The average Bonchev–Trinajstić information content (AvgIpc) is 2.76. The lowest BCUT2D eigenvalue weighted by Crippen LogP contribution is -2.08. The Balaban J connectivity index is 2.14. The lowest BCUT2D eigenvalue weighted by molar-refractivity contribution is 0.185. The number of hydrogen-bond donors (Lipinski definition) is 1. The molecule has 2 rings (SSSR count). The summed E-state index contributed by atoms with van der Waals surface area (Å²) >= 11 is 3.53. The number of hydrogen-bond acceptors (Lipinski definition) is 4. The van der Waals surface area contributed by atoms with Crippen molar-refractivity contribution in [3.63, 3.8) is 0 Å². The normalized spacial score (nSPS) is 10.6. The number of nitrogens with one attached hydrogen (secondary N) is 1. The molecular weight excluding hydrogens is 296 g/mol. The van der Waals surface area contributed by atoms with E-state index in [1.54, 1.807) is 13.4 Å². The Morgan fingerprint density at radius 3 is 2.94 bits per heavy atom. The minimum absolute atomic E-state index is 0.558. The zero-order chi connectivity index (χ0) is 13.0. The van der Waals surface area contributed by atoms with Gasteiger partial charge in [0.15, 0.2) is 5.82 Å². The summed E-state index contributed by atoms with van der Waals surface area (Å²) in [4.78, 5) is 0. The quantitative estimate of drug-likeness (QED) is 0.921. The molecule has 0 radical (unpaired) electrons. The summed E-state index contributed by atoms with van der Waals surface area (Å²) in [5, 5.41) is 11.2. The topological polar surface area (TPSA) is 52.0 Å². The molecule has 1 heterocycles. The number of halogens is 1. The first-order valence-corrected chi connectivity index (χ1v) is 6.34. The highest BCUT2D eigenvalue weighted by Crippen LogP contribution is 2.25. The molecule has 6 heteroatoms. The molecule has 1 N–H and O–H groups in total. The minimum Gasteiger partial charge on any atom is -0.380 e. The Morgan fingerprint density at radius 1 is 1.44 bits per heavy atom. The Morgan fingerprint density at radius 2 is 2.28 bits per heavy atom. The number of aryl methyl sites for hydroxylation is 1. The highest BCUT2D eigenvalue weighted by atomic mass is 79.9. The van der Waals surface area contributed by atoms with Crippen molar-refractivity contribution in [2.45, 2.75) is 13.2 Å². The Hall–Kier alpha value is -1.40. The van der Waals surface area contributed by atoms with E-state index in [9.17, 15) is 0 Å². The van der Waals surface area contributed by atoms with E-state index in [-0.39, 0.29) is 0 Å². The van der Waals surface area contributed by atoms with Gasteiger partial charge in [-0.2, -0.15) is 0 Å². The van der Waals surface area contributed by atoms with Gasteiger partial charge in [-0.05, 0) is 12.1 Å². The molecular formula is C12H15BrN4O. The SMILES string of the molecule is COCc1c(Br)cccc1NCc1nncn1C. The van der Waals surface area contributed by atoms with Crippen LogP contribution in [0.15, 0.2) is 29.0 Å². The monoisotopic (exact) mass is 310 g/mol. The van der Waals surface area contributed by atoms with Crippen LogP contribution in [-0.4, -0.2) is 21.9 Å². The third kappa shape index (κ3) is 2.88. The zero-order valence-electron chi connectivity index (χ0n) is 10.4. The number of methoxy groups -OCH3 is 1. The van der Waals surface area contributed by atoms with Gasteiger partial charge in [-0.15, -0.1) is 10.2 Å². The van der Waals surface area contributed by atoms with Crippen LogP contribution in [-0.2, 0) is 24.9 Å². The second kappa shape index (κ2) is 5.97. The van der Waals surface area contributed by atoms with Gasteiger partial charge in [-0.25, -0.2) is 0 Å². The molecule has 0 atom stereocenters. The van der Waals surface area contributed by atoms with Crippen LogP contribution < -0.4 is 5.32 Å². The fourth-order valence-corrected chi connectivity index (χ4v) is 2.14. The molecule has 0 spiro atoms. The summed E-state index contributed by atoms with van der Waals surface area (Å²) in [5.74, 6) is 0.887. The third-order valence-electron chi connectivity index (χ3n) is 2.65. The van der Waals surface area contributed by atoms with Crippen LogP contribution in [0.2, 0.25) is 0 Å². The smallest absolute Gasteiger partial charge is 0.151 e. The van der Waals surface area contributed by atoms with E-state index >= 15 is 0 Å². The van der Waals surface area contributed by atoms with Gasteiger partial charge in [-0.3, -0.25) is 0 Å². The molecule has 0 unspecified atom stereocenters. The van der Waals surface area contributed by atoms with Crippen molar-refractivity contribution in [3.05, 3.63) is 40.4 Å². The summed E-state index contributed by atoms with van der Waals surface area (Å²) in [6, 6.07) is 6.01. The molecule has 0 aliphatic rings. The summed E-state index contributed by atoms with van der Waals surface area (Å²) in [6.45, 7) is 1.19. The van der Waals surface area contributed by atoms with E-state index in [4.69, 9.17) is 4.74 Å². The molecule has 0 amide bonds. The largest absolute Gasteiger partial charge is 0.380 e. The van der Waals surface area contributed by atoms with Crippen LogP contribution in [0.1, 0.15) is 11.4 Å². The van der Waals surface area contributed by atoms with Crippen molar-refractivity contribution in [2.75, 3.05) is 12.4 Å². The summed E-state index contributed by atoms with van der Waals surface area (Å²) in [6.07, 6.45) is 1.69. The van der Waals surface area contributed by atoms with Crippen molar-refractivity contribution in [1.82, 2.24) is 14.8 Å². The number of rotatable bonds is 5. The first kappa shape index (κ1) is 13.0. The van der Waals surface area contributed by atoms with Crippen molar-refractivity contribution in [1.29, 1.82) is 0 Å². The number of aromatic nitrogens is 3. The van der Waals surface area contributed by atoms with Crippen molar-refractivity contribution >= 4 is 21.6 Å². The third-order valence-corrected chi connectivity index (χ3v) is 3.39. The molecule has 5 nitrogen and oxygen atoms in total. The summed E-state index contributed by atoms with van der Waals surface area (Å²) < 4.78 is 8.13. The molecule has 18 heavy (non-hydrogen) atoms. The zero-order valence-corrected chi connectivity index (χ0v) is 11.9. The highest BCUT2D eigenvalue weighted by Gasteiger charge is 2.07. The fourth-order valence-electron chi connectivity index (χ4n) is 1.66. The Kier molecular flexibility index (Phi) is 4.33. The first-order valence-electron chi connectivity index (χ1n) is 5.55. The maximum atomic E-state index is 5.21. The molecule has 1 aromatic heterocycles. The van der Waals surface area contributed by atoms with E-state index in [1.165, 1.54) is 0 Å². The molecule has 0 saturated carbocycles. The first-order chi connectivity index (χ1) is 8.72. The predicted molar refractivity (Wildman–Crippen MR) is 73.2 cm³/mol. The van der Waals surface area contributed by atoms with Gasteiger partial charge in [0.25, 0.3) is 0 Å². The van der Waals surface area contributed by atoms with Crippen LogP contribution in [0.4, 0.5) is 5.69 Å². The second-order valence-electron chi connectivity index (χ2n) is 3.91. The lowest BCUT2D eigenvalue weighted by Gasteiger charge is -2.12. The highest BCUT2D eigenvalue weighted by molar-refractivity contribution is 9.10. The van der Waals surface area contributed by atoms with Gasteiger partial charge in [0, 0.05) is 29.9 Å². The van der Waals surface area contributed by atoms with Crippen molar-refractivity contribution < 1.29 is 4.74 Å². The van der Waals surface area contributed by atoms with E-state index < -0.39 is 0 Å². The van der Waals surface area contributed by atoms with Crippen molar-refractivity contribution in [2.24, 2.45) is 7.05 Å². The molecule has 1 aromatic carbocycles. The van der Waals surface area contributed by atoms with Crippen LogP contribution >= 0.6 is 15.9 Å². The molecule has 0 aliphatic heterocycles. The average molecular weight is 311 g/mol. The van der Waals surface area contributed by atoms with Gasteiger partial charge in [0.2, 0.25) is 0 Å². The molecule has 96 valence electrons. The summed E-state index contributed by atoms with van der Waals surface area (Å²) in [5.41, 5.74) is 2.14. The van der Waals surface area contributed by atoms with Crippen LogP contribution in [0.5, 0.6) is 0 Å². The predicted octanol–water partition coefficient (Wildman–Crippen LogP) is 2.34. The number of benzene rings is 1. The number of nitrogens with zero attached hydrogens (tertiary/aromatic N) is 3. The van der Waals surface area contributed by atoms with Crippen LogP contribution in [0.3, 0.4) is 0 Å². The fraction of sp³-hybridized carbons (Fsp3) is 0.333. The standard InChI is InChI=1S/C12H15BrN4O/c1-17-8-15-16-12(17)6-14-11-5-3-4-10(13)9(11)7-18-2/h3-5,8,14H,6-7H2,1-2H3. The molecule has 0 aliphatic carbocycles. The number of ether oxygens (including phenoxy) is 1. The maximum Gasteiger partial charge on any atom is 0.151 e. The van der Waals surface area contributed by atoms with E-state index in [0.29, 0.717) is 13.2 Å². The molecule has 0 fully saturated rings. The van der Waals surface area contributed by atoms with Crippen molar-refractivity contribution in [3.8, 4) is 0 Å². The van der Waals surface area contributed by atoms with Gasteiger partial charge >= 0.3 is 0 Å². The van der Waals surface area contributed by atoms with E-state index in [2.05, 4.69) is 31.4 Å². The lowest BCUT2D eigenvalue weighted by atomic mass is 10.2. The Bertz CT molecular complexity index is 527. The molecule has 0 bridgehead atoms. The van der Waals surface area contributed by atoms with E-state index in [1.807, 2.05) is 29.8 Å². The van der Waals surface area contributed by atoms with Gasteiger partial charge in [0.05, 0.1) is 13.2 Å². The maximum absolute atomic E-state index is 5.21. The number of anilines is 1. The minimum atomic E-state index is 0.558. The van der Waals surface area contributed by atoms with Crippen LogP contribution in [0.25, 0.3) is 0 Å². The van der Waals surface area contributed by atoms with Gasteiger partial charge in [-0.1, -0.05) is 22.0 Å². The molecule has 2 aromatic rings. The van der Waals surface area contributed by atoms with Crippen LogP contribution in [0, 0.1) is 0 Å². The Labute approximate surface area is 114 Å². The molecule has 0 saturated heterocycles. The second-order valence-corrected chi connectivity index (χ2v) is 4.76. The summed E-state index contributed by atoms with van der Waals surface area (Å²) in [7, 11) is 3.61. The van der Waals surface area contributed by atoms with Gasteiger partial charge < -0.3 is 14.6 Å². The van der Waals surface area contributed by atoms with E-state index in [0.717, 1.165) is 21.5 Å². The van der Waals surface area contributed by atoms with Gasteiger partial charge in [0.1, 0.15) is 6.33 Å².